The second-order valence-electron chi connectivity index (χ2n) is 7.92. The average molecular weight is 423 g/mol. The number of carbonyl (C=O) groups is 1. The molecule has 1 heterocycles. The second kappa shape index (κ2) is 11.4. The summed E-state index contributed by atoms with van der Waals surface area (Å²) in [4.78, 5) is 19.5. The number of ether oxygens (including phenoxy) is 1. The standard InChI is InChI=1S/C25H34N4O2/c1-4-26-25(28-18-22-12-11-19(2)15-23(22)31-3)27-17-20-9-8-10-21(16-20)24(30)29-13-6-5-7-14-29/h8-12,15-16H,4-7,13-14,17-18H2,1-3H3,(H2,26,27,28). The summed E-state index contributed by atoms with van der Waals surface area (Å²) < 4.78 is 5.50. The van der Waals surface area contributed by atoms with Gasteiger partial charge in [-0.1, -0.05) is 24.3 Å². The van der Waals surface area contributed by atoms with Crippen molar-refractivity contribution < 1.29 is 9.53 Å². The SMILES string of the molecule is CCNC(=NCc1cccc(C(=O)N2CCCCC2)c1)NCc1ccc(C)cc1OC. The summed E-state index contributed by atoms with van der Waals surface area (Å²) in [6, 6.07) is 14.0. The Balaban J connectivity index is 1.65. The molecule has 1 aliphatic heterocycles. The van der Waals surface area contributed by atoms with Gasteiger partial charge in [-0.15, -0.1) is 0 Å². The number of likely N-dealkylation sites (tertiary alicyclic amines) is 1. The van der Waals surface area contributed by atoms with Crippen molar-refractivity contribution in [3.63, 3.8) is 0 Å². The maximum absolute atomic E-state index is 12.8. The van der Waals surface area contributed by atoms with Crippen LogP contribution in [0.15, 0.2) is 47.5 Å². The minimum absolute atomic E-state index is 0.127. The van der Waals surface area contributed by atoms with Crippen LogP contribution in [-0.2, 0) is 13.1 Å². The van der Waals surface area contributed by atoms with Crippen LogP contribution in [0.25, 0.3) is 0 Å². The number of hydrogen-bond acceptors (Lipinski definition) is 3. The fourth-order valence-corrected chi connectivity index (χ4v) is 3.77. The highest BCUT2D eigenvalue weighted by Crippen LogP contribution is 2.19. The Morgan fingerprint density at radius 1 is 1.10 bits per heavy atom. The van der Waals surface area contributed by atoms with E-state index in [0.29, 0.717) is 13.1 Å². The van der Waals surface area contributed by atoms with Gasteiger partial charge in [0.15, 0.2) is 5.96 Å². The van der Waals surface area contributed by atoms with E-state index in [2.05, 4.69) is 29.7 Å². The Labute approximate surface area is 185 Å². The van der Waals surface area contributed by atoms with Crippen LogP contribution in [0.4, 0.5) is 0 Å². The van der Waals surface area contributed by atoms with E-state index in [1.54, 1.807) is 7.11 Å². The average Bonchev–Trinajstić information content (AvgIpc) is 2.81. The lowest BCUT2D eigenvalue weighted by atomic mass is 10.1. The fraction of sp³-hybridized carbons (Fsp3) is 0.440. The molecule has 0 atom stereocenters. The lowest BCUT2D eigenvalue weighted by Crippen LogP contribution is -2.37. The van der Waals surface area contributed by atoms with Crippen LogP contribution >= 0.6 is 0 Å². The van der Waals surface area contributed by atoms with Crippen LogP contribution in [0.3, 0.4) is 0 Å². The molecule has 0 aliphatic carbocycles. The minimum Gasteiger partial charge on any atom is -0.496 e. The zero-order valence-electron chi connectivity index (χ0n) is 18.9. The molecular formula is C25H34N4O2. The van der Waals surface area contributed by atoms with E-state index in [-0.39, 0.29) is 5.91 Å². The third kappa shape index (κ3) is 6.48. The van der Waals surface area contributed by atoms with Gasteiger partial charge in [0.25, 0.3) is 5.91 Å². The summed E-state index contributed by atoms with van der Waals surface area (Å²) in [5.74, 6) is 1.73. The van der Waals surface area contributed by atoms with Crippen molar-refractivity contribution in [1.82, 2.24) is 15.5 Å². The van der Waals surface area contributed by atoms with Crippen molar-refractivity contribution in [3.8, 4) is 5.75 Å². The molecule has 0 aromatic heterocycles. The van der Waals surface area contributed by atoms with E-state index < -0.39 is 0 Å². The van der Waals surface area contributed by atoms with E-state index >= 15 is 0 Å². The summed E-state index contributed by atoms with van der Waals surface area (Å²) in [6.45, 7) is 7.70. The molecular weight excluding hydrogens is 388 g/mol. The predicted octanol–water partition coefficient (Wildman–Crippen LogP) is 3.89. The Morgan fingerprint density at radius 3 is 2.65 bits per heavy atom. The predicted molar refractivity (Wildman–Crippen MR) is 126 cm³/mol. The van der Waals surface area contributed by atoms with Crippen LogP contribution < -0.4 is 15.4 Å². The van der Waals surface area contributed by atoms with E-state index in [9.17, 15) is 4.79 Å². The highest BCUT2D eigenvalue weighted by molar-refractivity contribution is 5.94. The number of rotatable bonds is 7. The molecule has 1 saturated heterocycles. The molecule has 2 aromatic carbocycles. The number of piperidine rings is 1. The van der Waals surface area contributed by atoms with Crippen molar-refractivity contribution in [2.75, 3.05) is 26.7 Å². The molecule has 1 amide bonds. The molecule has 0 bridgehead atoms. The molecule has 1 aliphatic rings. The first-order chi connectivity index (χ1) is 15.1. The molecule has 2 N–H and O–H groups in total. The van der Waals surface area contributed by atoms with E-state index in [0.717, 1.165) is 60.9 Å². The maximum Gasteiger partial charge on any atom is 0.253 e. The van der Waals surface area contributed by atoms with Gasteiger partial charge in [0.2, 0.25) is 0 Å². The van der Waals surface area contributed by atoms with Gasteiger partial charge in [-0.05, 0) is 62.4 Å². The summed E-state index contributed by atoms with van der Waals surface area (Å²) in [7, 11) is 1.69. The number of aliphatic imine (C=N–C) groups is 1. The first-order valence-corrected chi connectivity index (χ1v) is 11.1. The van der Waals surface area contributed by atoms with Crippen LogP contribution in [0.1, 0.15) is 53.2 Å². The highest BCUT2D eigenvalue weighted by atomic mass is 16.5. The van der Waals surface area contributed by atoms with Gasteiger partial charge in [-0.2, -0.15) is 0 Å². The Kier molecular flexibility index (Phi) is 8.33. The number of carbonyl (C=O) groups excluding carboxylic acids is 1. The maximum atomic E-state index is 12.8. The molecule has 166 valence electrons. The largest absolute Gasteiger partial charge is 0.496 e. The lowest BCUT2D eigenvalue weighted by molar-refractivity contribution is 0.0724. The highest BCUT2D eigenvalue weighted by Gasteiger charge is 2.18. The molecule has 1 fully saturated rings. The second-order valence-corrected chi connectivity index (χ2v) is 7.92. The van der Waals surface area contributed by atoms with Gasteiger partial charge in [0.05, 0.1) is 13.7 Å². The van der Waals surface area contributed by atoms with Crippen molar-refractivity contribution in [1.29, 1.82) is 0 Å². The number of benzene rings is 2. The molecule has 2 aromatic rings. The topological polar surface area (TPSA) is 66.0 Å². The summed E-state index contributed by atoms with van der Waals surface area (Å²) in [5, 5.41) is 6.66. The van der Waals surface area contributed by atoms with Crippen molar-refractivity contribution >= 4 is 11.9 Å². The van der Waals surface area contributed by atoms with Gasteiger partial charge >= 0.3 is 0 Å². The molecule has 0 saturated carbocycles. The summed E-state index contributed by atoms with van der Waals surface area (Å²) in [6.07, 6.45) is 3.41. The first kappa shape index (κ1) is 22.7. The Bertz CT molecular complexity index is 904. The molecule has 0 spiro atoms. The Hall–Kier alpha value is -3.02. The van der Waals surface area contributed by atoms with Gasteiger partial charge in [0.1, 0.15) is 5.75 Å². The normalized spacial score (nSPS) is 14.3. The van der Waals surface area contributed by atoms with E-state index in [1.165, 1.54) is 12.0 Å². The zero-order chi connectivity index (χ0) is 22.1. The molecule has 6 heteroatoms. The quantitative estimate of drug-likeness (QED) is 0.525. The lowest BCUT2D eigenvalue weighted by Gasteiger charge is -2.26. The fourth-order valence-electron chi connectivity index (χ4n) is 3.77. The molecule has 31 heavy (non-hydrogen) atoms. The number of nitrogens with one attached hydrogen (secondary N) is 2. The third-order valence-electron chi connectivity index (χ3n) is 5.47. The number of aryl methyl sites for hydroxylation is 1. The minimum atomic E-state index is 0.127. The molecule has 0 unspecified atom stereocenters. The summed E-state index contributed by atoms with van der Waals surface area (Å²) >= 11 is 0. The first-order valence-electron chi connectivity index (χ1n) is 11.1. The van der Waals surface area contributed by atoms with E-state index in [4.69, 9.17) is 9.73 Å². The van der Waals surface area contributed by atoms with Crippen molar-refractivity contribution in [3.05, 3.63) is 64.7 Å². The van der Waals surface area contributed by atoms with Crippen LogP contribution in [0.2, 0.25) is 0 Å². The Morgan fingerprint density at radius 2 is 1.90 bits per heavy atom. The van der Waals surface area contributed by atoms with Gasteiger partial charge in [0, 0.05) is 37.3 Å². The number of methoxy groups -OCH3 is 1. The molecule has 6 nitrogen and oxygen atoms in total. The van der Waals surface area contributed by atoms with E-state index in [1.807, 2.05) is 42.2 Å². The van der Waals surface area contributed by atoms with Crippen LogP contribution in [0, 0.1) is 6.92 Å². The van der Waals surface area contributed by atoms with Gasteiger partial charge < -0.3 is 20.3 Å². The zero-order valence-corrected chi connectivity index (χ0v) is 18.9. The number of guanidine groups is 1. The third-order valence-corrected chi connectivity index (χ3v) is 5.47. The van der Waals surface area contributed by atoms with Crippen LogP contribution in [0.5, 0.6) is 5.75 Å². The molecule has 0 radical (unpaired) electrons. The van der Waals surface area contributed by atoms with Crippen molar-refractivity contribution in [2.45, 2.75) is 46.2 Å². The number of nitrogens with zero attached hydrogens (tertiary/aromatic N) is 2. The smallest absolute Gasteiger partial charge is 0.253 e. The number of hydrogen-bond donors (Lipinski definition) is 2. The van der Waals surface area contributed by atoms with Crippen LogP contribution in [-0.4, -0.2) is 43.5 Å². The summed E-state index contributed by atoms with van der Waals surface area (Å²) in [5.41, 5.74) is 4.01. The molecule has 3 rings (SSSR count). The number of amides is 1. The van der Waals surface area contributed by atoms with Gasteiger partial charge in [-0.25, -0.2) is 4.99 Å². The van der Waals surface area contributed by atoms with Crippen molar-refractivity contribution in [2.24, 2.45) is 4.99 Å². The van der Waals surface area contributed by atoms with Gasteiger partial charge in [-0.3, -0.25) is 4.79 Å². The monoisotopic (exact) mass is 422 g/mol.